The van der Waals surface area contributed by atoms with E-state index < -0.39 is 6.10 Å². The molecule has 0 saturated carbocycles. The van der Waals surface area contributed by atoms with Gasteiger partial charge >= 0.3 is 0 Å². The topological polar surface area (TPSA) is 50.7 Å². The fourth-order valence-electron chi connectivity index (χ4n) is 1.76. The Morgan fingerprint density at radius 2 is 1.89 bits per heavy atom. The molecule has 110 valence electrons. The number of methoxy groups -OCH3 is 2. The maximum atomic E-state index is 10.2. The van der Waals surface area contributed by atoms with E-state index in [1.807, 2.05) is 18.2 Å². The van der Waals surface area contributed by atoms with E-state index >= 15 is 0 Å². The zero-order chi connectivity index (χ0) is 13.5. The molecule has 1 aromatic carbocycles. The van der Waals surface area contributed by atoms with Crippen LogP contribution in [0.15, 0.2) is 18.2 Å². The molecule has 0 bridgehead atoms. The van der Waals surface area contributed by atoms with Crippen LogP contribution >= 0.6 is 12.4 Å². The zero-order valence-electron chi connectivity index (χ0n) is 12.0. The minimum atomic E-state index is -0.554. The molecule has 0 spiro atoms. The van der Waals surface area contributed by atoms with Gasteiger partial charge in [-0.1, -0.05) is 13.8 Å². The largest absolute Gasteiger partial charge is 0.497 e. The fraction of sp³-hybridized carbons (Fsp3) is 0.571. The fourth-order valence-corrected chi connectivity index (χ4v) is 1.76. The van der Waals surface area contributed by atoms with Gasteiger partial charge in [-0.3, -0.25) is 0 Å². The predicted octanol–water partition coefficient (Wildman–Crippen LogP) is 2.55. The van der Waals surface area contributed by atoms with Crippen molar-refractivity contribution in [1.82, 2.24) is 5.32 Å². The van der Waals surface area contributed by atoms with Crippen molar-refractivity contribution in [2.75, 3.05) is 20.8 Å². The van der Waals surface area contributed by atoms with Crippen LogP contribution < -0.4 is 14.8 Å². The van der Waals surface area contributed by atoms with Crippen molar-refractivity contribution >= 4 is 12.4 Å². The predicted molar refractivity (Wildman–Crippen MR) is 79.5 cm³/mol. The Morgan fingerprint density at radius 1 is 1.21 bits per heavy atom. The molecule has 0 aliphatic heterocycles. The standard InChI is InChI=1S/C14H23NO3.ClH/c1-10(2)15-8-7-13(16)12-9-11(17-3)5-6-14(12)18-4;/h5-6,9-10,13,15-16H,7-8H2,1-4H3;1H. The average molecular weight is 290 g/mol. The highest BCUT2D eigenvalue weighted by molar-refractivity contribution is 5.85. The van der Waals surface area contributed by atoms with Crippen LogP contribution in [-0.2, 0) is 0 Å². The van der Waals surface area contributed by atoms with E-state index in [1.54, 1.807) is 14.2 Å². The Bertz CT molecular complexity index is 372. The molecule has 0 saturated heterocycles. The number of aliphatic hydroxyl groups is 1. The molecule has 2 N–H and O–H groups in total. The van der Waals surface area contributed by atoms with Crippen molar-refractivity contribution in [3.63, 3.8) is 0 Å². The Balaban J connectivity index is 0.00000324. The van der Waals surface area contributed by atoms with Crippen LogP contribution in [0.5, 0.6) is 11.5 Å². The second kappa shape index (κ2) is 9.02. The summed E-state index contributed by atoms with van der Waals surface area (Å²) in [6.45, 7) is 4.93. The summed E-state index contributed by atoms with van der Waals surface area (Å²) in [5.74, 6) is 1.41. The monoisotopic (exact) mass is 289 g/mol. The third kappa shape index (κ3) is 5.68. The number of aliphatic hydroxyl groups excluding tert-OH is 1. The number of halogens is 1. The van der Waals surface area contributed by atoms with Gasteiger partial charge in [-0.05, 0) is 31.2 Å². The highest BCUT2D eigenvalue weighted by Gasteiger charge is 2.14. The van der Waals surface area contributed by atoms with Crippen LogP contribution in [0.25, 0.3) is 0 Å². The van der Waals surface area contributed by atoms with Gasteiger partial charge in [0.1, 0.15) is 11.5 Å². The molecule has 1 atom stereocenters. The molecule has 4 nitrogen and oxygen atoms in total. The Labute approximate surface area is 121 Å². The van der Waals surface area contributed by atoms with Gasteiger partial charge in [0.2, 0.25) is 0 Å². The third-order valence-electron chi connectivity index (χ3n) is 2.77. The Hall–Kier alpha value is -0.970. The lowest BCUT2D eigenvalue weighted by Gasteiger charge is -2.17. The first-order valence-corrected chi connectivity index (χ1v) is 6.21. The molecule has 1 rings (SSSR count). The van der Waals surface area contributed by atoms with E-state index in [1.165, 1.54) is 0 Å². The van der Waals surface area contributed by atoms with Crippen molar-refractivity contribution < 1.29 is 14.6 Å². The summed E-state index contributed by atoms with van der Waals surface area (Å²) < 4.78 is 10.4. The SMILES string of the molecule is COc1ccc(OC)c(C(O)CCNC(C)C)c1.Cl. The van der Waals surface area contributed by atoms with Gasteiger partial charge in [-0.2, -0.15) is 0 Å². The number of benzene rings is 1. The summed E-state index contributed by atoms with van der Waals surface area (Å²) in [4.78, 5) is 0. The molecule has 0 aliphatic rings. The third-order valence-corrected chi connectivity index (χ3v) is 2.77. The van der Waals surface area contributed by atoms with Crippen molar-refractivity contribution in [2.45, 2.75) is 32.4 Å². The molecule has 1 aromatic rings. The normalized spacial score (nSPS) is 11.9. The van der Waals surface area contributed by atoms with Gasteiger partial charge < -0.3 is 19.9 Å². The summed E-state index contributed by atoms with van der Waals surface area (Å²) in [6.07, 6.45) is 0.0862. The first-order chi connectivity index (χ1) is 8.58. The number of hydrogen-bond acceptors (Lipinski definition) is 4. The summed E-state index contributed by atoms with van der Waals surface area (Å²) in [5.41, 5.74) is 0.766. The van der Waals surface area contributed by atoms with E-state index in [4.69, 9.17) is 9.47 Å². The van der Waals surface area contributed by atoms with E-state index in [9.17, 15) is 5.11 Å². The Morgan fingerprint density at radius 3 is 2.42 bits per heavy atom. The van der Waals surface area contributed by atoms with Gasteiger partial charge in [0.25, 0.3) is 0 Å². The highest BCUT2D eigenvalue weighted by Crippen LogP contribution is 2.30. The van der Waals surface area contributed by atoms with Crippen LogP contribution in [0, 0.1) is 0 Å². The van der Waals surface area contributed by atoms with Gasteiger partial charge in [0, 0.05) is 11.6 Å². The maximum absolute atomic E-state index is 10.2. The molecular formula is C14H24ClNO3. The molecule has 0 radical (unpaired) electrons. The van der Waals surface area contributed by atoms with Crippen LogP contribution in [-0.4, -0.2) is 31.9 Å². The van der Waals surface area contributed by atoms with Crippen LogP contribution in [0.2, 0.25) is 0 Å². The molecular weight excluding hydrogens is 266 g/mol. The van der Waals surface area contributed by atoms with Gasteiger partial charge in [-0.25, -0.2) is 0 Å². The molecule has 0 aromatic heterocycles. The van der Waals surface area contributed by atoms with Crippen LogP contribution in [0.4, 0.5) is 0 Å². The Kier molecular flexibility index (Phi) is 8.56. The maximum Gasteiger partial charge on any atom is 0.124 e. The first kappa shape index (κ1) is 18.0. The van der Waals surface area contributed by atoms with Crippen molar-refractivity contribution in [3.8, 4) is 11.5 Å². The smallest absolute Gasteiger partial charge is 0.124 e. The summed E-state index contributed by atoms with van der Waals surface area (Å²) in [5, 5.41) is 13.5. The lowest BCUT2D eigenvalue weighted by molar-refractivity contribution is 0.161. The quantitative estimate of drug-likeness (QED) is 0.810. The molecule has 0 amide bonds. The van der Waals surface area contributed by atoms with Crippen LogP contribution in [0.3, 0.4) is 0 Å². The molecule has 0 aliphatic carbocycles. The first-order valence-electron chi connectivity index (χ1n) is 6.21. The minimum absolute atomic E-state index is 0. The number of ether oxygens (including phenoxy) is 2. The van der Waals surface area contributed by atoms with E-state index in [0.717, 1.165) is 17.9 Å². The van der Waals surface area contributed by atoms with Crippen molar-refractivity contribution in [1.29, 1.82) is 0 Å². The molecule has 0 heterocycles. The van der Waals surface area contributed by atoms with E-state index in [2.05, 4.69) is 19.2 Å². The lowest BCUT2D eigenvalue weighted by Crippen LogP contribution is -2.25. The lowest BCUT2D eigenvalue weighted by atomic mass is 10.0. The second-order valence-corrected chi connectivity index (χ2v) is 4.52. The molecule has 5 heteroatoms. The van der Waals surface area contributed by atoms with E-state index in [-0.39, 0.29) is 12.4 Å². The van der Waals surface area contributed by atoms with Crippen LogP contribution in [0.1, 0.15) is 31.9 Å². The van der Waals surface area contributed by atoms with Gasteiger partial charge in [0.05, 0.1) is 20.3 Å². The molecule has 19 heavy (non-hydrogen) atoms. The second-order valence-electron chi connectivity index (χ2n) is 4.52. The average Bonchev–Trinajstić information content (AvgIpc) is 2.37. The number of nitrogens with one attached hydrogen (secondary N) is 1. The highest BCUT2D eigenvalue weighted by atomic mass is 35.5. The number of hydrogen-bond donors (Lipinski definition) is 2. The molecule has 0 fully saturated rings. The van der Waals surface area contributed by atoms with E-state index in [0.29, 0.717) is 18.2 Å². The van der Waals surface area contributed by atoms with Gasteiger partial charge in [-0.15, -0.1) is 12.4 Å². The minimum Gasteiger partial charge on any atom is -0.497 e. The summed E-state index contributed by atoms with van der Waals surface area (Å²) in [6, 6.07) is 5.87. The van der Waals surface area contributed by atoms with Gasteiger partial charge in [0.15, 0.2) is 0 Å². The number of rotatable bonds is 7. The molecule has 1 unspecified atom stereocenters. The summed E-state index contributed by atoms with van der Waals surface area (Å²) in [7, 11) is 3.21. The summed E-state index contributed by atoms with van der Waals surface area (Å²) >= 11 is 0. The van der Waals surface area contributed by atoms with Crippen molar-refractivity contribution in [3.05, 3.63) is 23.8 Å². The zero-order valence-corrected chi connectivity index (χ0v) is 12.8. The van der Waals surface area contributed by atoms with Crippen molar-refractivity contribution in [2.24, 2.45) is 0 Å².